The van der Waals surface area contributed by atoms with Crippen LogP contribution >= 0.6 is 0 Å². The van der Waals surface area contributed by atoms with Crippen LogP contribution in [0.3, 0.4) is 0 Å². The van der Waals surface area contributed by atoms with E-state index in [4.69, 9.17) is 10.5 Å². The molecule has 7 heteroatoms. The maximum atomic E-state index is 13.1. The lowest BCUT2D eigenvalue weighted by Crippen LogP contribution is -2.33. The quantitative estimate of drug-likeness (QED) is 0.801. The van der Waals surface area contributed by atoms with Gasteiger partial charge < -0.3 is 15.8 Å². The number of hydrogen-bond acceptors (Lipinski definition) is 3. The molecule has 1 amide bonds. The molecular formula is C21H23F3N2O2. The molecule has 2 atom stereocenters. The van der Waals surface area contributed by atoms with E-state index in [0.717, 1.165) is 29.7 Å². The van der Waals surface area contributed by atoms with Gasteiger partial charge in [0.2, 0.25) is 5.91 Å². The zero-order valence-electron chi connectivity index (χ0n) is 15.6. The molecule has 1 aliphatic heterocycles. The van der Waals surface area contributed by atoms with Crippen molar-refractivity contribution >= 4 is 11.6 Å². The van der Waals surface area contributed by atoms with Crippen molar-refractivity contribution < 1.29 is 22.7 Å². The highest BCUT2D eigenvalue weighted by Crippen LogP contribution is 2.36. The van der Waals surface area contributed by atoms with Gasteiger partial charge in [-0.3, -0.25) is 4.79 Å². The van der Waals surface area contributed by atoms with E-state index < -0.39 is 23.8 Å². The Morgan fingerprint density at radius 2 is 1.93 bits per heavy atom. The third-order valence-electron chi connectivity index (χ3n) is 4.89. The summed E-state index contributed by atoms with van der Waals surface area (Å²) in [6.45, 7) is 2.47. The highest BCUT2D eigenvalue weighted by molar-refractivity contribution is 5.93. The van der Waals surface area contributed by atoms with E-state index in [2.05, 4.69) is 5.32 Å². The number of carbonyl (C=O) groups excluding carboxylic acids is 1. The van der Waals surface area contributed by atoms with Crippen LogP contribution in [0, 0.1) is 12.8 Å². The molecule has 0 spiro atoms. The van der Waals surface area contributed by atoms with Gasteiger partial charge in [0, 0.05) is 18.8 Å². The molecule has 0 saturated carbocycles. The van der Waals surface area contributed by atoms with Crippen molar-refractivity contribution in [2.24, 2.45) is 11.7 Å². The number of nitrogens with one attached hydrogen (secondary N) is 1. The summed E-state index contributed by atoms with van der Waals surface area (Å²) >= 11 is 0. The molecule has 28 heavy (non-hydrogen) atoms. The van der Waals surface area contributed by atoms with Gasteiger partial charge in [0.05, 0.1) is 17.6 Å². The second-order valence-corrected chi connectivity index (χ2v) is 7.06. The van der Waals surface area contributed by atoms with Crippen molar-refractivity contribution in [2.45, 2.75) is 38.6 Å². The van der Waals surface area contributed by atoms with Crippen molar-refractivity contribution in [3.63, 3.8) is 0 Å². The van der Waals surface area contributed by atoms with E-state index in [9.17, 15) is 18.0 Å². The van der Waals surface area contributed by atoms with Crippen LogP contribution in [0.25, 0.3) is 0 Å². The van der Waals surface area contributed by atoms with Crippen LogP contribution in [0.15, 0.2) is 42.5 Å². The monoisotopic (exact) mass is 392 g/mol. The van der Waals surface area contributed by atoms with E-state index in [-0.39, 0.29) is 18.1 Å². The van der Waals surface area contributed by atoms with E-state index in [0.29, 0.717) is 18.6 Å². The smallest absolute Gasteiger partial charge is 0.373 e. The van der Waals surface area contributed by atoms with Gasteiger partial charge in [-0.1, -0.05) is 29.8 Å². The summed E-state index contributed by atoms with van der Waals surface area (Å²) in [6, 6.07) is 11.1. The summed E-state index contributed by atoms with van der Waals surface area (Å²) in [5.41, 5.74) is 7.06. The predicted molar refractivity (Wildman–Crippen MR) is 101 cm³/mol. The lowest BCUT2D eigenvalue weighted by molar-refractivity contribution is -0.137. The normalized spacial score (nSPS) is 20.0. The molecule has 1 saturated heterocycles. The molecule has 2 unspecified atom stereocenters. The molecule has 2 aromatic carbocycles. The molecule has 1 fully saturated rings. The molecule has 3 N–H and O–H groups in total. The second kappa shape index (κ2) is 8.32. The summed E-state index contributed by atoms with van der Waals surface area (Å²) in [6.07, 6.45) is -3.61. The van der Waals surface area contributed by atoms with Crippen molar-refractivity contribution in [3.8, 4) is 0 Å². The molecule has 1 aliphatic rings. The number of carbonyl (C=O) groups is 1. The largest absolute Gasteiger partial charge is 0.416 e. The Hall–Kier alpha value is -2.38. The Balaban J connectivity index is 1.83. The Bertz CT molecular complexity index is 835. The van der Waals surface area contributed by atoms with E-state index >= 15 is 0 Å². The minimum absolute atomic E-state index is 0.0503. The molecule has 150 valence electrons. The van der Waals surface area contributed by atoms with E-state index in [1.165, 1.54) is 6.07 Å². The van der Waals surface area contributed by atoms with Gasteiger partial charge in [0.25, 0.3) is 0 Å². The molecule has 0 aliphatic carbocycles. The first-order valence-corrected chi connectivity index (χ1v) is 9.18. The average molecular weight is 392 g/mol. The summed E-state index contributed by atoms with van der Waals surface area (Å²) in [5, 5.41) is 2.64. The second-order valence-electron chi connectivity index (χ2n) is 7.06. The van der Waals surface area contributed by atoms with Crippen molar-refractivity contribution in [1.82, 2.24) is 0 Å². The average Bonchev–Trinajstić information content (AvgIpc) is 2.67. The van der Waals surface area contributed by atoms with Gasteiger partial charge in [0.1, 0.15) is 0 Å². The van der Waals surface area contributed by atoms with Crippen LogP contribution in [0.4, 0.5) is 18.9 Å². The van der Waals surface area contributed by atoms with Gasteiger partial charge in [0.15, 0.2) is 0 Å². The standard InChI is InChI=1S/C21H23F3N2O2/c1-13-4-6-15(7-5-13)19-18(3-2-8-28-19)20(27)26-17-10-14(12-25)9-16(11-17)21(22,23)24/h4-7,9-11,18-19H,2-3,8,12,25H2,1H3,(H,26,27). The maximum Gasteiger partial charge on any atom is 0.416 e. The van der Waals surface area contributed by atoms with Gasteiger partial charge >= 0.3 is 6.18 Å². The number of anilines is 1. The van der Waals surface area contributed by atoms with Crippen molar-refractivity contribution in [2.75, 3.05) is 11.9 Å². The number of ether oxygens (including phenoxy) is 1. The summed E-state index contributed by atoms with van der Waals surface area (Å²) in [4.78, 5) is 12.9. The molecule has 0 radical (unpaired) electrons. The lowest BCUT2D eigenvalue weighted by Gasteiger charge is -2.31. The fourth-order valence-electron chi connectivity index (χ4n) is 3.41. The van der Waals surface area contributed by atoms with Crippen LogP contribution in [-0.4, -0.2) is 12.5 Å². The minimum Gasteiger partial charge on any atom is -0.373 e. The highest BCUT2D eigenvalue weighted by atomic mass is 19.4. The summed E-state index contributed by atoms with van der Waals surface area (Å²) in [5.74, 6) is -0.833. The Morgan fingerprint density at radius 3 is 2.57 bits per heavy atom. The molecular weight excluding hydrogens is 369 g/mol. The molecule has 4 nitrogen and oxygen atoms in total. The maximum absolute atomic E-state index is 13.1. The summed E-state index contributed by atoms with van der Waals surface area (Å²) < 4.78 is 45.2. The van der Waals surface area contributed by atoms with E-state index in [1.54, 1.807) is 0 Å². The first-order valence-electron chi connectivity index (χ1n) is 9.18. The first kappa shape index (κ1) is 20.4. The van der Waals surface area contributed by atoms with Crippen LogP contribution in [0.5, 0.6) is 0 Å². The molecule has 1 heterocycles. The SMILES string of the molecule is Cc1ccc(C2OCCCC2C(=O)Nc2cc(CN)cc(C(F)(F)F)c2)cc1. The fourth-order valence-corrected chi connectivity index (χ4v) is 3.41. The predicted octanol–water partition coefficient (Wildman–Crippen LogP) is 4.58. The van der Waals surface area contributed by atoms with Crippen LogP contribution in [0.2, 0.25) is 0 Å². The van der Waals surface area contributed by atoms with E-state index in [1.807, 2.05) is 31.2 Å². The molecule has 0 aromatic heterocycles. The fraction of sp³-hybridized carbons (Fsp3) is 0.381. The number of amides is 1. The molecule has 2 aromatic rings. The number of hydrogen-bond donors (Lipinski definition) is 2. The Labute approximate surface area is 161 Å². The van der Waals surface area contributed by atoms with Gasteiger partial charge in [-0.05, 0) is 49.1 Å². The number of rotatable bonds is 4. The Kier molecular flexibility index (Phi) is 6.05. The van der Waals surface area contributed by atoms with Crippen LogP contribution in [-0.2, 0) is 22.3 Å². The number of nitrogens with two attached hydrogens (primary N) is 1. The number of alkyl halides is 3. The number of halogens is 3. The van der Waals surface area contributed by atoms with Gasteiger partial charge in [-0.2, -0.15) is 13.2 Å². The molecule has 0 bridgehead atoms. The lowest BCUT2D eigenvalue weighted by atomic mass is 9.88. The van der Waals surface area contributed by atoms with Crippen LogP contribution < -0.4 is 11.1 Å². The molecule has 3 rings (SSSR count). The van der Waals surface area contributed by atoms with Crippen molar-refractivity contribution in [3.05, 3.63) is 64.7 Å². The first-order chi connectivity index (χ1) is 13.3. The Morgan fingerprint density at radius 1 is 1.21 bits per heavy atom. The van der Waals surface area contributed by atoms with Gasteiger partial charge in [-0.15, -0.1) is 0 Å². The topological polar surface area (TPSA) is 64.3 Å². The van der Waals surface area contributed by atoms with Crippen LogP contribution in [0.1, 0.15) is 41.2 Å². The summed E-state index contributed by atoms with van der Waals surface area (Å²) in [7, 11) is 0. The zero-order valence-corrected chi connectivity index (χ0v) is 15.6. The number of aryl methyl sites for hydroxylation is 1. The number of benzene rings is 2. The third-order valence-corrected chi connectivity index (χ3v) is 4.89. The third kappa shape index (κ3) is 4.72. The van der Waals surface area contributed by atoms with Crippen molar-refractivity contribution in [1.29, 1.82) is 0 Å². The minimum atomic E-state index is -4.51. The van der Waals surface area contributed by atoms with Gasteiger partial charge in [-0.25, -0.2) is 0 Å². The highest BCUT2D eigenvalue weighted by Gasteiger charge is 2.34. The zero-order chi connectivity index (χ0) is 20.3.